The highest BCUT2D eigenvalue weighted by atomic mass is 35.5. The lowest BCUT2D eigenvalue weighted by Crippen LogP contribution is -2.01. The van der Waals surface area contributed by atoms with Crippen LogP contribution in [0.25, 0.3) is 0 Å². The molecule has 0 aliphatic heterocycles. The zero-order valence-electron chi connectivity index (χ0n) is 10.7. The summed E-state index contributed by atoms with van der Waals surface area (Å²) in [4.78, 5) is 0. The van der Waals surface area contributed by atoms with E-state index in [1.54, 1.807) is 21.3 Å². The van der Waals surface area contributed by atoms with Crippen LogP contribution in [0.3, 0.4) is 0 Å². The van der Waals surface area contributed by atoms with E-state index >= 15 is 0 Å². The van der Waals surface area contributed by atoms with Crippen LogP contribution < -0.4 is 14.2 Å². The summed E-state index contributed by atoms with van der Waals surface area (Å²) in [5.74, 6) is 2.03. The first kappa shape index (κ1) is 14.0. The molecule has 0 N–H and O–H groups in total. The van der Waals surface area contributed by atoms with Gasteiger partial charge in [0.05, 0.1) is 21.3 Å². The molecule has 4 heteroatoms. The molecule has 1 rings (SSSR count). The molecule has 1 atom stereocenters. The van der Waals surface area contributed by atoms with Crippen LogP contribution in [0.15, 0.2) is 12.1 Å². The summed E-state index contributed by atoms with van der Waals surface area (Å²) in [5, 5.41) is 0.146. The number of methoxy groups -OCH3 is 3. The monoisotopic (exact) mass is 258 g/mol. The molecule has 0 fully saturated rings. The number of aryl methyl sites for hydroxylation is 1. The van der Waals surface area contributed by atoms with Crippen molar-refractivity contribution >= 4 is 11.6 Å². The van der Waals surface area contributed by atoms with Gasteiger partial charge in [0.25, 0.3) is 0 Å². The lowest BCUT2D eigenvalue weighted by atomic mass is 10.1. The van der Waals surface area contributed by atoms with Crippen molar-refractivity contribution in [1.29, 1.82) is 0 Å². The van der Waals surface area contributed by atoms with Gasteiger partial charge >= 0.3 is 0 Å². The van der Waals surface area contributed by atoms with Crippen molar-refractivity contribution in [2.75, 3.05) is 21.3 Å². The van der Waals surface area contributed by atoms with E-state index in [1.807, 2.05) is 19.1 Å². The van der Waals surface area contributed by atoms with Crippen LogP contribution in [0.2, 0.25) is 0 Å². The van der Waals surface area contributed by atoms with Crippen LogP contribution in [-0.2, 0) is 6.42 Å². The normalized spacial score (nSPS) is 12.1. The van der Waals surface area contributed by atoms with Gasteiger partial charge in [-0.05, 0) is 31.4 Å². The van der Waals surface area contributed by atoms with Gasteiger partial charge in [0.2, 0.25) is 5.75 Å². The predicted molar refractivity (Wildman–Crippen MR) is 69.7 cm³/mol. The third-order valence-corrected chi connectivity index (χ3v) is 2.82. The van der Waals surface area contributed by atoms with E-state index in [0.717, 1.165) is 24.2 Å². The molecule has 0 radical (unpaired) electrons. The van der Waals surface area contributed by atoms with Crippen LogP contribution >= 0.6 is 11.6 Å². The van der Waals surface area contributed by atoms with E-state index in [4.69, 9.17) is 25.8 Å². The maximum atomic E-state index is 5.96. The lowest BCUT2D eigenvalue weighted by Gasteiger charge is -2.15. The number of hydrogen-bond donors (Lipinski definition) is 0. The summed E-state index contributed by atoms with van der Waals surface area (Å²) >= 11 is 5.96. The summed E-state index contributed by atoms with van der Waals surface area (Å²) in [6.07, 6.45) is 1.75. The number of rotatable bonds is 6. The highest BCUT2D eigenvalue weighted by Gasteiger charge is 2.15. The van der Waals surface area contributed by atoms with Crippen LogP contribution in [0.5, 0.6) is 17.2 Å². The van der Waals surface area contributed by atoms with Gasteiger partial charge in [-0.2, -0.15) is 0 Å². The zero-order chi connectivity index (χ0) is 12.8. The molecule has 96 valence electrons. The summed E-state index contributed by atoms with van der Waals surface area (Å²) in [6.45, 7) is 1.98. The third kappa shape index (κ3) is 3.43. The van der Waals surface area contributed by atoms with E-state index in [1.165, 1.54) is 0 Å². The quantitative estimate of drug-likeness (QED) is 0.733. The fourth-order valence-corrected chi connectivity index (χ4v) is 1.82. The largest absolute Gasteiger partial charge is 0.493 e. The van der Waals surface area contributed by atoms with Crippen molar-refractivity contribution in [3.8, 4) is 17.2 Å². The highest BCUT2D eigenvalue weighted by molar-refractivity contribution is 6.20. The Bertz CT molecular complexity index is 364. The molecule has 0 amide bonds. The van der Waals surface area contributed by atoms with Gasteiger partial charge in [0, 0.05) is 5.38 Å². The first-order chi connectivity index (χ1) is 8.13. The molecule has 1 aromatic rings. The minimum absolute atomic E-state index is 0.146. The van der Waals surface area contributed by atoms with E-state index in [-0.39, 0.29) is 5.38 Å². The maximum absolute atomic E-state index is 5.96. The molecule has 0 bridgehead atoms. The number of alkyl halides is 1. The second-order valence-electron chi connectivity index (χ2n) is 3.81. The molecule has 0 spiro atoms. The van der Waals surface area contributed by atoms with Crippen LogP contribution in [0.1, 0.15) is 18.9 Å². The second-order valence-corrected chi connectivity index (χ2v) is 4.56. The number of hydrogen-bond acceptors (Lipinski definition) is 3. The SMILES string of the molecule is COc1ccc(CCC(C)Cl)c(OC)c1OC. The molecule has 0 aromatic heterocycles. The Morgan fingerprint density at radius 3 is 2.18 bits per heavy atom. The van der Waals surface area contributed by atoms with E-state index in [9.17, 15) is 0 Å². The van der Waals surface area contributed by atoms with E-state index < -0.39 is 0 Å². The molecular weight excluding hydrogens is 240 g/mol. The number of halogens is 1. The average molecular weight is 259 g/mol. The van der Waals surface area contributed by atoms with Gasteiger partial charge in [-0.15, -0.1) is 11.6 Å². The van der Waals surface area contributed by atoms with Crippen LogP contribution in [-0.4, -0.2) is 26.7 Å². The van der Waals surface area contributed by atoms with Crippen molar-refractivity contribution in [2.24, 2.45) is 0 Å². The van der Waals surface area contributed by atoms with Gasteiger partial charge < -0.3 is 14.2 Å². The fourth-order valence-electron chi connectivity index (χ4n) is 1.71. The average Bonchev–Trinajstić information content (AvgIpc) is 2.34. The third-order valence-electron chi connectivity index (χ3n) is 2.60. The minimum atomic E-state index is 0.146. The number of benzene rings is 1. The molecule has 0 aliphatic rings. The summed E-state index contributed by atoms with van der Waals surface area (Å²) in [7, 11) is 4.84. The summed E-state index contributed by atoms with van der Waals surface area (Å²) in [6, 6.07) is 3.87. The van der Waals surface area contributed by atoms with Gasteiger partial charge in [0.1, 0.15) is 0 Å². The first-order valence-electron chi connectivity index (χ1n) is 5.56. The fraction of sp³-hybridized carbons (Fsp3) is 0.538. The Hall–Kier alpha value is -1.09. The van der Waals surface area contributed by atoms with Gasteiger partial charge in [-0.25, -0.2) is 0 Å². The molecule has 1 unspecified atom stereocenters. The van der Waals surface area contributed by atoms with Gasteiger partial charge in [-0.3, -0.25) is 0 Å². The van der Waals surface area contributed by atoms with Crippen LogP contribution in [0.4, 0.5) is 0 Å². The standard InChI is InChI=1S/C13H19ClO3/c1-9(14)5-6-10-7-8-11(15-2)13(17-4)12(10)16-3/h7-9H,5-6H2,1-4H3. The first-order valence-corrected chi connectivity index (χ1v) is 5.99. The van der Waals surface area contributed by atoms with Crippen molar-refractivity contribution in [3.63, 3.8) is 0 Å². The molecule has 0 heterocycles. The lowest BCUT2D eigenvalue weighted by molar-refractivity contribution is 0.322. The highest BCUT2D eigenvalue weighted by Crippen LogP contribution is 2.40. The second kappa shape index (κ2) is 6.60. The molecular formula is C13H19ClO3. The Labute approximate surface area is 108 Å². The van der Waals surface area contributed by atoms with Crippen LogP contribution in [0, 0.1) is 0 Å². The summed E-state index contributed by atoms with van der Waals surface area (Å²) in [5.41, 5.74) is 1.08. The molecule has 17 heavy (non-hydrogen) atoms. The molecule has 0 aliphatic carbocycles. The Kier molecular flexibility index (Phi) is 5.42. The van der Waals surface area contributed by atoms with E-state index in [0.29, 0.717) is 11.5 Å². The minimum Gasteiger partial charge on any atom is -0.493 e. The molecule has 1 aromatic carbocycles. The zero-order valence-corrected chi connectivity index (χ0v) is 11.5. The van der Waals surface area contributed by atoms with Crippen molar-refractivity contribution < 1.29 is 14.2 Å². The van der Waals surface area contributed by atoms with Crippen molar-refractivity contribution in [3.05, 3.63) is 17.7 Å². The smallest absolute Gasteiger partial charge is 0.203 e. The molecule has 0 saturated carbocycles. The Balaban J connectivity index is 3.05. The Morgan fingerprint density at radius 2 is 1.71 bits per heavy atom. The Morgan fingerprint density at radius 1 is 1.06 bits per heavy atom. The van der Waals surface area contributed by atoms with Crippen molar-refractivity contribution in [1.82, 2.24) is 0 Å². The van der Waals surface area contributed by atoms with E-state index in [2.05, 4.69) is 0 Å². The van der Waals surface area contributed by atoms with Gasteiger partial charge in [0.15, 0.2) is 11.5 Å². The van der Waals surface area contributed by atoms with Crippen molar-refractivity contribution in [2.45, 2.75) is 25.1 Å². The maximum Gasteiger partial charge on any atom is 0.203 e. The van der Waals surface area contributed by atoms with Gasteiger partial charge in [-0.1, -0.05) is 6.07 Å². The number of ether oxygens (including phenoxy) is 3. The molecule has 3 nitrogen and oxygen atoms in total. The predicted octanol–water partition coefficient (Wildman–Crippen LogP) is 3.27. The topological polar surface area (TPSA) is 27.7 Å². The molecule has 0 saturated heterocycles. The summed E-state index contributed by atoms with van der Waals surface area (Å²) < 4.78 is 15.9.